The van der Waals surface area contributed by atoms with Gasteiger partial charge in [-0.1, -0.05) is 24.3 Å². The van der Waals surface area contributed by atoms with Gasteiger partial charge in [0.2, 0.25) is 6.17 Å². The Balaban J connectivity index is 2.07. The van der Waals surface area contributed by atoms with Crippen LogP contribution in [0.2, 0.25) is 0 Å². The van der Waals surface area contributed by atoms with Gasteiger partial charge in [0.15, 0.2) is 0 Å². The second-order valence-electron chi connectivity index (χ2n) is 4.03. The zero-order valence-electron chi connectivity index (χ0n) is 8.32. The van der Waals surface area contributed by atoms with Gasteiger partial charge in [0.25, 0.3) is 0 Å². The van der Waals surface area contributed by atoms with Crippen molar-refractivity contribution in [2.45, 2.75) is 31.4 Å². The summed E-state index contributed by atoms with van der Waals surface area (Å²) >= 11 is 0. The molecule has 1 unspecified atom stereocenters. The van der Waals surface area contributed by atoms with E-state index in [1.807, 2.05) is 18.2 Å². The Hall–Kier alpha value is -1.38. The summed E-state index contributed by atoms with van der Waals surface area (Å²) < 4.78 is 13.0. The van der Waals surface area contributed by atoms with Crippen LogP contribution in [0.15, 0.2) is 24.3 Å². The summed E-state index contributed by atoms with van der Waals surface area (Å²) in [5.41, 5.74) is 1.99. The van der Waals surface area contributed by atoms with Gasteiger partial charge in [-0.15, -0.1) is 0 Å². The van der Waals surface area contributed by atoms with E-state index in [2.05, 4.69) is 0 Å². The van der Waals surface area contributed by atoms with Gasteiger partial charge < -0.3 is 5.11 Å². The summed E-state index contributed by atoms with van der Waals surface area (Å²) in [7, 11) is 0. The van der Waals surface area contributed by atoms with Crippen molar-refractivity contribution < 1.29 is 14.3 Å². The first-order valence-corrected chi connectivity index (χ1v) is 5.12. The van der Waals surface area contributed by atoms with Gasteiger partial charge in [-0.3, -0.25) is 0 Å². The van der Waals surface area contributed by atoms with Crippen LogP contribution in [0.3, 0.4) is 0 Å². The number of carboxylic acid groups (broad SMARTS) is 1. The van der Waals surface area contributed by atoms with Crippen molar-refractivity contribution >= 4 is 5.97 Å². The van der Waals surface area contributed by atoms with Gasteiger partial charge in [-0.2, -0.15) is 0 Å². The number of hydrogen-bond acceptors (Lipinski definition) is 1. The standard InChI is InChI=1S/C12H13FO2/c13-11(12(14)15)7-8-2-1-3-10(6-8)9-4-5-9/h1-3,6,9,11H,4-5,7H2,(H,14,15). The van der Waals surface area contributed by atoms with Crippen molar-refractivity contribution in [2.75, 3.05) is 0 Å². The van der Waals surface area contributed by atoms with Crippen LogP contribution in [-0.2, 0) is 11.2 Å². The molecule has 0 aliphatic heterocycles. The molecule has 1 aliphatic carbocycles. The lowest BCUT2D eigenvalue weighted by Crippen LogP contribution is -2.17. The third kappa shape index (κ3) is 2.55. The van der Waals surface area contributed by atoms with E-state index in [1.165, 1.54) is 18.4 Å². The molecule has 1 aromatic rings. The van der Waals surface area contributed by atoms with Crippen LogP contribution >= 0.6 is 0 Å². The highest BCUT2D eigenvalue weighted by atomic mass is 19.1. The number of rotatable bonds is 4. The Morgan fingerprint density at radius 3 is 2.87 bits per heavy atom. The van der Waals surface area contributed by atoms with Crippen LogP contribution in [0.25, 0.3) is 0 Å². The van der Waals surface area contributed by atoms with E-state index in [0.29, 0.717) is 5.92 Å². The van der Waals surface area contributed by atoms with E-state index in [9.17, 15) is 9.18 Å². The second-order valence-corrected chi connectivity index (χ2v) is 4.03. The predicted molar refractivity (Wildman–Crippen MR) is 54.7 cm³/mol. The number of benzene rings is 1. The lowest BCUT2D eigenvalue weighted by molar-refractivity contribution is -0.142. The zero-order chi connectivity index (χ0) is 10.8. The topological polar surface area (TPSA) is 37.3 Å². The lowest BCUT2D eigenvalue weighted by atomic mass is 10.0. The molecule has 0 spiro atoms. The average Bonchev–Trinajstić information content (AvgIpc) is 3.01. The van der Waals surface area contributed by atoms with E-state index >= 15 is 0 Å². The Bertz CT molecular complexity index is 372. The van der Waals surface area contributed by atoms with Gasteiger partial charge in [-0.25, -0.2) is 9.18 Å². The predicted octanol–water partition coefficient (Wildman–Crippen LogP) is 2.53. The van der Waals surface area contributed by atoms with Crippen molar-refractivity contribution in [3.63, 3.8) is 0 Å². The average molecular weight is 208 g/mol. The molecule has 1 N–H and O–H groups in total. The fraction of sp³-hybridized carbons (Fsp3) is 0.417. The van der Waals surface area contributed by atoms with E-state index in [4.69, 9.17) is 5.11 Å². The molecule has 0 heterocycles. The van der Waals surface area contributed by atoms with Crippen LogP contribution in [-0.4, -0.2) is 17.2 Å². The molecule has 0 saturated heterocycles. The Kier molecular flexibility index (Phi) is 2.71. The maximum Gasteiger partial charge on any atom is 0.338 e. The van der Waals surface area contributed by atoms with E-state index in [0.717, 1.165) is 5.56 Å². The second kappa shape index (κ2) is 4.01. The summed E-state index contributed by atoms with van der Waals surface area (Å²) in [6.45, 7) is 0. The van der Waals surface area contributed by atoms with Gasteiger partial charge in [0.1, 0.15) is 0 Å². The lowest BCUT2D eigenvalue weighted by Gasteiger charge is -2.05. The van der Waals surface area contributed by atoms with E-state index < -0.39 is 12.1 Å². The van der Waals surface area contributed by atoms with Crippen molar-refractivity contribution in [3.05, 3.63) is 35.4 Å². The number of hydrogen-bond donors (Lipinski definition) is 1. The van der Waals surface area contributed by atoms with Crippen LogP contribution in [0, 0.1) is 0 Å². The maximum absolute atomic E-state index is 13.0. The van der Waals surface area contributed by atoms with Crippen LogP contribution in [0.5, 0.6) is 0 Å². The first-order valence-electron chi connectivity index (χ1n) is 5.12. The zero-order valence-corrected chi connectivity index (χ0v) is 8.32. The van der Waals surface area contributed by atoms with Crippen LogP contribution < -0.4 is 0 Å². The van der Waals surface area contributed by atoms with Gasteiger partial charge >= 0.3 is 5.97 Å². The molecule has 15 heavy (non-hydrogen) atoms. The molecule has 1 saturated carbocycles. The Labute approximate surface area is 87.7 Å². The fourth-order valence-corrected chi connectivity index (χ4v) is 1.68. The summed E-state index contributed by atoms with van der Waals surface area (Å²) in [4.78, 5) is 10.4. The van der Waals surface area contributed by atoms with Gasteiger partial charge in [0, 0.05) is 6.42 Å². The van der Waals surface area contributed by atoms with Crippen molar-refractivity contribution in [2.24, 2.45) is 0 Å². The Morgan fingerprint density at radius 1 is 1.53 bits per heavy atom. The Morgan fingerprint density at radius 2 is 2.27 bits per heavy atom. The monoisotopic (exact) mass is 208 g/mol. The van der Waals surface area contributed by atoms with Gasteiger partial charge in [0.05, 0.1) is 0 Å². The first kappa shape index (κ1) is 10.1. The smallest absolute Gasteiger partial charge is 0.338 e. The molecule has 2 nitrogen and oxygen atoms in total. The molecule has 1 atom stereocenters. The normalized spacial score (nSPS) is 17.4. The molecule has 1 fully saturated rings. The van der Waals surface area contributed by atoms with Crippen molar-refractivity contribution in [1.29, 1.82) is 0 Å². The molecular weight excluding hydrogens is 195 g/mol. The molecule has 1 aromatic carbocycles. The highest BCUT2D eigenvalue weighted by molar-refractivity contribution is 5.72. The summed E-state index contributed by atoms with van der Waals surface area (Å²) in [6.07, 6.45) is 0.568. The van der Waals surface area contributed by atoms with Crippen LogP contribution in [0.4, 0.5) is 4.39 Å². The maximum atomic E-state index is 13.0. The van der Waals surface area contributed by atoms with Crippen molar-refractivity contribution in [3.8, 4) is 0 Å². The summed E-state index contributed by atoms with van der Waals surface area (Å²) in [5.74, 6) is -0.764. The molecular formula is C12H13FO2. The number of carbonyl (C=O) groups is 1. The van der Waals surface area contributed by atoms with Gasteiger partial charge in [-0.05, 0) is 29.9 Å². The number of alkyl halides is 1. The van der Waals surface area contributed by atoms with E-state index in [-0.39, 0.29) is 6.42 Å². The molecule has 0 radical (unpaired) electrons. The summed E-state index contributed by atoms with van der Waals surface area (Å²) in [6, 6.07) is 7.60. The number of halogens is 1. The third-order valence-electron chi connectivity index (χ3n) is 2.68. The largest absolute Gasteiger partial charge is 0.479 e. The highest BCUT2D eigenvalue weighted by Gasteiger charge is 2.24. The third-order valence-corrected chi connectivity index (χ3v) is 2.68. The summed E-state index contributed by atoms with van der Waals surface area (Å²) in [5, 5.41) is 8.46. The molecule has 0 amide bonds. The molecule has 80 valence electrons. The molecule has 2 rings (SSSR count). The molecule has 0 bridgehead atoms. The highest BCUT2D eigenvalue weighted by Crippen LogP contribution is 2.40. The molecule has 3 heteroatoms. The number of aliphatic carboxylic acids is 1. The quantitative estimate of drug-likeness (QED) is 0.825. The number of carboxylic acids is 1. The minimum atomic E-state index is -1.79. The van der Waals surface area contributed by atoms with E-state index in [1.54, 1.807) is 6.07 Å². The molecule has 1 aliphatic rings. The fourth-order valence-electron chi connectivity index (χ4n) is 1.68. The van der Waals surface area contributed by atoms with Crippen LogP contribution in [0.1, 0.15) is 29.9 Å². The minimum absolute atomic E-state index is 0.0319. The molecule has 0 aromatic heterocycles. The van der Waals surface area contributed by atoms with Crippen molar-refractivity contribution in [1.82, 2.24) is 0 Å². The first-order chi connectivity index (χ1) is 7.16. The SMILES string of the molecule is O=C(O)C(F)Cc1cccc(C2CC2)c1. The minimum Gasteiger partial charge on any atom is -0.479 e.